The summed E-state index contributed by atoms with van der Waals surface area (Å²) in [5.74, 6) is 0.272. The quantitative estimate of drug-likeness (QED) is 0.732. The van der Waals surface area contributed by atoms with Crippen molar-refractivity contribution >= 4 is 44.6 Å². The van der Waals surface area contributed by atoms with Crippen molar-refractivity contribution in [1.82, 2.24) is 4.90 Å². The maximum atomic E-state index is 12.9. The summed E-state index contributed by atoms with van der Waals surface area (Å²) in [5.41, 5.74) is 1.06. The van der Waals surface area contributed by atoms with Gasteiger partial charge in [0.05, 0.1) is 5.02 Å². The lowest BCUT2D eigenvalue weighted by Crippen LogP contribution is -2.48. The molecule has 1 aliphatic rings. The summed E-state index contributed by atoms with van der Waals surface area (Å²) in [7, 11) is 0. The first-order valence-corrected chi connectivity index (χ1v) is 9.33. The maximum absolute atomic E-state index is 12.9. The molecule has 0 atom stereocenters. The van der Waals surface area contributed by atoms with Gasteiger partial charge in [0.1, 0.15) is 10.6 Å². The van der Waals surface area contributed by atoms with Gasteiger partial charge in [0.25, 0.3) is 5.91 Å². The van der Waals surface area contributed by atoms with Crippen molar-refractivity contribution in [2.24, 2.45) is 0 Å². The van der Waals surface area contributed by atoms with Gasteiger partial charge in [-0.15, -0.1) is 11.3 Å². The Morgan fingerprint density at radius 1 is 1.00 bits per heavy atom. The van der Waals surface area contributed by atoms with Gasteiger partial charge in [-0.1, -0.05) is 29.8 Å². The van der Waals surface area contributed by atoms with Crippen LogP contribution in [0.25, 0.3) is 10.1 Å². The average Bonchev–Trinajstić information content (AvgIpc) is 2.99. The Hall–Kier alpha value is -2.24. The summed E-state index contributed by atoms with van der Waals surface area (Å²) in [6.07, 6.45) is 0. The number of amides is 1. The van der Waals surface area contributed by atoms with Gasteiger partial charge in [-0.05, 0) is 30.3 Å². The summed E-state index contributed by atoms with van der Waals surface area (Å²) in [6, 6.07) is 15.0. The zero-order valence-corrected chi connectivity index (χ0v) is 15.1. The number of phenolic OH excluding ortho intramolecular Hbond substituents is 1. The molecule has 1 aromatic heterocycles. The highest BCUT2D eigenvalue weighted by atomic mass is 35.5. The standard InChI is InChI=1S/C19H17ClN2O2S/c20-17-15-3-1-2-4-16(15)25-18(17)19(24)22-11-9-21(10-12-22)13-5-7-14(23)8-6-13/h1-8,23H,9-12H2. The third kappa shape index (κ3) is 3.05. The topological polar surface area (TPSA) is 43.8 Å². The number of hydrogen-bond acceptors (Lipinski definition) is 4. The highest BCUT2D eigenvalue weighted by molar-refractivity contribution is 7.21. The molecule has 128 valence electrons. The number of anilines is 1. The molecule has 1 fully saturated rings. The first-order chi connectivity index (χ1) is 12.1. The number of nitrogens with zero attached hydrogens (tertiary/aromatic N) is 2. The third-order valence-electron chi connectivity index (χ3n) is 4.51. The molecule has 0 unspecified atom stereocenters. The lowest BCUT2D eigenvalue weighted by atomic mass is 10.2. The van der Waals surface area contributed by atoms with Gasteiger partial charge in [0, 0.05) is 42.0 Å². The normalized spacial score (nSPS) is 14.9. The van der Waals surface area contributed by atoms with Crippen LogP contribution in [0.4, 0.5) is 5.69 Å². The number of carbonyl (C=O) groups excluding carboxylic acids is 1. The molecule has 1 saturated heterocycles. The van der Waals surface area contributed by atoms with Crippen molar-refractivity contribution in [3.63, 3.8) is 0 Å². The lowest BCUT2D eigenvalue weighted by molar-refractivity contribution is 0.0752. The number of rotatable bonds is 2. The van der Waals surface area contributed by atoms with Crippen molar-refractivity contribution < 1.29 is 9.90 Å². The molecule has 0 saturated carbocycles. The van der Waals surface area contributed by atoms with Gasteiger partial charge in [-0.2, -0.15) is 0 Å². The SMILES string of the molecule is O=C(c1sc2ccccc2c1Cl)N1CCN(c2ccc(O)cc2)CC1. The molecule has 3 aromatic rings. The lowest BCUT2D eigenvalue weighted by Gasteiger charge is -2.36. The number of carbonyl (C=O) groups is 1. The second kappa shape index (κ2) is 6.58. The van der Waals surface area contributed by atoms with Gasteiger partial charge in [-0.3, -0.25) is 4.79 Å². The van der Waals surface area contributed by atoms with Crippen LogP contribution >= 0.6 is 22.9 Å². The second-order valence-electron chi connectivity index (χ2n) is 6.04. The first-order valence-electron chi connectivity index (χ1n) is 8.14. The fraction of sp³-hybridized carbons (Fsp3) is 0.211. The molecular weight excluding hydrogens is 356 g/mol. The Morgan fingerprint density at radius 2 is 1.68 bits per heavy atom. The van der Waals surface area contributed by atoms with E-state index in [4.69, 9.17) is 11.6 Å². The average molecular weight is 373 g/mol. The van der Waals surface area contributed by atoms with E-state index in [9.17, 15) is 9.90 Å². The summed E-state index contributed by atoms with van der Waals surface area (Å²) >= 11 is 7.90. The Kier molecular flexibility index (Phi) is 4.27. The highest BCUT2D eigenvalue weighted by Gasteiger charge is 2.26. The molecule has 1 N–H and O–H groups in total. The molecule has 4 nitrogen and oxygen atoms in total. The largest absolute Gasteiger partial charge is 0.508 e. The molecule has 25 heavy (non-hydrogen) atoms. The number of phenols is 1. The molecule has 1 aliphatic heterocycles. The molecular formula is C19H17ClN2O2S. The van der Waals surface area contributed by atoms with E-state index in [0.717, 1.165) is 28.9 Å². The molecule has 0 bridgehead atoms. The van der Waals surface area contributed by atoms with E-state index >= 15 is 0 Å². The van der Waals surface area contributed by atoms with Crippen LogP contribution in [0.3, 0.4) is 0 Å². The van der Waals surface area contributed by atoms with Crippen molar-refractivity contribution in [1.29, 1.82) is 0 Å². The van der Waals surface area contributed by atoms with Crippen LogP contribution in [0.1, 0.15) is 9.67 Å². The summed E-state index contributed by atoms with van der Waals surface area (Å²) in [4.78, 5) is 17.6. The Morgan fingerprint density at radius 3 is 2.36 bits per heavy atom. The van der Waals surface area contributed by atoms with Crippen LogP contribution in [-0.2, 0) is 0 Å². The summed E-state index contributed by atoms with van der Waals surface area (Å²) in [5, 5.41) is 10.9. The number of thiophene rings is 1. The van der Waals surface area contributed by atoms with E-state index in [0.29, 0.717) is 23.0 Å². The third-order valence-corrected chi connectivity index (χ3v) is 6.17. The van der Waals surface area contributed by atoms with Crippen molar-refractivity contribution in [3.8, 4) is 5.75 Å². The first kappa shape index (κ1) is 16.2. The van der Waals surface area contributed by atoms with E-state index in [2.05, 4.69) is 4.90 Å². The van der Waals surface area contributed by atoms with E-state index in [1.54, 1.807) is 12.1 Å². The van der Waals surface area contributed by atoms with E-state index in [1.165, 1.54) is 11.3 Å². The summed E-state index contributed by atoms with van der Waals surface area (Å²) < 4.78 is 1.04. The van der Waals surface area contributed by atoms with Crippen LogP contribution in [0, 0.1) is 0 Å². The number of piperazine rings is 1. The number of hydrogen-bond donors (Lipinski definition) is 1. The van der Waals surface area contributed by atoms with Gasteiger partial charge in [0.15, 0.2) is 0 Å². The van der Waals surface area contributed by atoms with E-state index < -0.39 is 0 Å². The molecule has 1 amide bonds. The van der Waals surface area contributed by atoms with Gasteiger partial charge < -0.3 is 14.9 Å². The Balaban J connectivity index is 1.49. The van der Waals surface area contributed by atoms with Gasteiger partial charge in [0.2, 0.25) is 0 Å². The number of halogens is 1. The van der Waals surface area contributed by atoms with Crippen LogP contribution in [0.15, 0.2) is 48.5 Å². The smallest absolute Gasteiger partial charge is 0.265 e. The second-order valence-corrected chi connectivity index (χ2v) is 7.47. The minimum atomic E-state index is 0.0107. The van der Waals surface area contributed by atoms with Crippen LogP contribution in [-0.4, -0.2) is 42.1 Å². The van der Waals surface area contributed by atoms with E-state index in [1.807, 2.05) is 41.3 Å². The van der Waals surface area contributed by atoms with Crippen LogP contribution < -0.4 is 4.90 Å². The van der Waals surface area contributed by atoms with Crippen LogP contribution in [0.5, 0.6) is 5.75 Å². The Bertz CT molecular complexity index is 915. The molecule has 2 aromatic carbocycles. The number of aromatic hydroxyl groups is 1. The number of benzene rings is 2. The predicted octanol–water partition coefficient (Wildman–Crippen LogP) is 4.22. The zero-order chi connectivity index (χ0) is 17.4. The molecule has 0 spiro atoms. The van der Waals surface area contributed by atoms with E-state index in [-0.39, 0.29) is 11.7 Å². The van der Waals surface area contributed by atoms with Crippen molar-refractivity contribution in [2.45, 2.75) is 0 Å². The molecule has 2 heterocycles. The van der Waals surface area contributed by atoms with Crippen molar-refractivity contribution in [3.05, 3.63) is 58.4 Å². The van der Waals surface area contributed by atoms with Gasteiger partial charge >= 0.3 is 0 Å². The fourth-order valence-electron chi connectivity index (χ4n) is 3.13. The monoisotopic (exact) mass is 372 g/mol. The maximum Gasteiger partial charge on any atom is 0.265 e. The molecule has 0 radical (unpaired) electrons. The minimum Gasteiger partial charge on any atom is -0.508 e. The zero-order valence-electron chi connectivity index (χ0n) is 13.5. The Labute approximate surface area is 154 Å². The fourth-order valence-corrected chi connectivity index (χ4v) is 4.61. The highest BCUT2D eigenvalue weighted by Crippen LogP contribution is 2.36. The predicted molar refractivity (Wildman–Crippen MR) is 103 cm³/mol. The molecule has 6 heteroatoms. The van der Waals surface area contributed by atoms with Crippen LogP contribution in [0.2, 0.25) is 5.02 Å². The van der Waals surface area contributed by atoms with Crippen molar-refractivity contribution in [2.75, 3.05) is 31.1 Å². The molecule has 4 rings (SSSR count). The number of fused-ring (bicyclic) bond motifs is 1. The van der Waals surface area contributed by atoms with Gasteiger partial charge in [-0.25, -0.2) is 0 Å². The minimum absolute atomic E-state index is 0.0107. The summed E-state index contributed by atoms with van der Waals surface area (Å²) in [6.45, 7) is 2.84. The molecule has 0 aliphatic carbocycles.